The average Bonchev–Trinajstić information content (AvgIpc) is 2.05. The number of rotatable bonds is 2. The summed E-state index contributed by atoms with van der Waals surface area (Å²) in [4.78, 5) is 10.3. The van der Waals surface area contributed by atoms with E-state index in [-0.39, 0.29) is 0 Å². The van der Waals surface area contributed by atoms with E-state index in [0.29, 0.717) is 5.92 Å². The van der Waals surface area contributed by atoms with Crippen molar-refractivity contribution in [1.29, 1.82) is 0 Å². The number of allylic oxidation sites excluding steroid dienone is 3. The molecule has 1 atom stereocenters. The normalized spacial score (nSPS) is 24.2. The van der Waals surface area contributed by atoms with Crippen molar-refractivity contribution in [3.05, 3.63) is 24.3 Å². The highest BCUT2D eigenvalue weighted by molar-refractivity contribution is 5.72. The van der Waals surface area contributed by atoms with Crippen LogP contribution in [0.3, 0.4) is 0 Å². The van der Waals surface area contributed by atoms with Gasteiger partial charge in [-0.15, -0.1) is 0 Å². The lowest BCUT2D eigenvalue weighted by atomic mass is 9.89. The smallest absolute Gasteiger partial charge is 0.145 e. The molecule has 0 aromatic heterocycles. The molecular formula is C9H12O. The highest BCUT2D eigenvalue weighted by atomic mass is 16.1. The molecule has 1 aliphatic rings. The molecule has 0 radical (unpaired) electrons. The Morgan fingerprint density at radius 2 is 2.40 bits per heavy atom. The van der Waals surface area contributed by atoms with Crippen LogP contribution in [0.1, 0.15) is 19.3 Å². The lowest BCUT2D eigenvalue weighted by Crippen LogP contribution is -2.05. The van der Waals surface area contributed by atoms with Crippen molar-refractivity contribution >= 4 is 6.29 Å². The highest BCUT2D eigenvalue weighted by Gasteiger charge is 2.11. The number of hydrogen-bond acceptors (Lipinski definition) is 1. The maximum absolute atomic E-state index is 10.3. The van der Waals surface area contributed by atoms with Gasteiger partial charge in [0.05, 0.1) is 0 Å². The summed E-state index contributed by atoms with van der Waals surface area (Å²) >= 11 is 0. The minimum absolute atomic E-state index is 0.419. The molecule has 1 heteroatoms. The second-order valence-corrected chi connectivity index (χ2v) is 2.67. The second kappa shape index (κ2) is 3.35. The summed E-state index contributed by atoms with van der Waals surface area (Å²) in [6, 6.07) is 0. The lowest BCUT2D eigenvalue weighted by Gasteiger charge is -2.15. The zero-order valence-corrected chi connectivity index (χ0v) is 6.05. The first-order valence-electron chi connectivity index (χ1n) is 3.63. The summed E-state index contributed by atoms with van der Waals surface area (Å²) in [6.07, 6.45) is 8.35. The van der Waals surface area contributed by atoms with E-state index in [2.05, 4.69) is 18.7 Å². The zero-order valence-electron chi connectivity index (χ0n) is 6.05. The van der Waals surface area contributed by atoms with Gasteiger partial charge in [-0.1, -0.05) is 18.7 Å². The largest absolute Gasteiger partial charge is 0.298 e. The molecule has 0 spiro atoms. The standard InChI is InChI=1S/C9H12O/c1-8(7-10)9-5-3-2-4-6-9/h2-3,7,9H,1,4-6H2. The molecule has 1 aliphatic carbocycles. The summed E-state index contributed by atoms with van der Waals surface area (Å²) in [5, 5.41) is 0. The van der Waals surface area contributed by atoms with Crippen LogP contribution in [0.15, 0.2) is 24.3 Å². The molecule has 0 aliphatic heterocycles. The van der Waals surface area contributed by atoms with Crippen molar-refractivity contribution in [2.24, 2.45) is 5.92 Å². The quantitative estimate of drug-likeness (QED) is 0.323. The Morgan fingerprint density at radius 3 is 2.90 bits per heavy atom. The number of carbonyl (C=O) groups excluding carboxylic acids is 1. The van der Waals surface area contributed by atoms with Gasteiger partial charge in [-0.05, 0) is 30.8 Å². The molecule has 0 saturated heterocycles. The lowest BCUT2D eigenvalue weighted by molar-refractivity contribution is -0.105. The summed E-state index contributed by atoms with van der Waals surface area (Å²) < 4.78 is 0. The third-order valence-electron chi connectivity index (χ3n) is 1.94. The van der Waals surface area contributed by atoms with Gasteiger partial charge in [0.1, 0.15) is 6.29 Å². The van der Waals surface area contributed by atoms with Gasteiger partial charge < -0.3 is 0 Å². The number of carbonyl (C=O) groups is 1. The van der Waals surface area contributed by atoms with Gasteiger partial charge in [-0.2, -0.15) is 0 Å². The van der Waals surface area contributed by atoms with E-state index >= 15 is 0 Å². The molecular weight excluding hydrogens is 124 g/mol. The van der Waals surface area contributed by atoms with Gasteiger partial charge in [0.25, 0.3) is 0 Å². The van der Waals surface area contributed by atoms with Crippen LogP contribution in [-0.4, -0.2) is 6.29 Å². The number of aldehydes is 1. The molecule has 54 valence electrons. The van der Waals surface area contributed by atoms with Gasteiger partial charge in [-0.3, -0.25) is 4.79 Å². The van der Waals surface area contributed by atoms with Gasteiger partial charge in [0.15, 0.2) is 0 Å². The van der Waals surface area contributed by atoms with E-state index < -0.39 is 0 Å². The molecule has 1 unspecified atom stereocenters. The van der Waals surface area contributed by atoms with E-state index in [1.54, 1.807) is 0 Å². The Kier molecular flexibility index (Phi) is 2.43. The van der Waals surface area contributed by atoms with Gasteiger partial charge >= 0.3 is 0 Å². The van der Waals surface area contributed by atoms with Gasteiger partial charge in [-0.25, -0.2) is 0 Å². The summed E-state index contributed by atoms with van der Waals surface area (Å²) in [6.45, 7) is 3.69. The third kappa shape index (κ3) is 1.56. The monoisotopic (exact) mass is 136 g/mol. The Hall–Kier alpha value is -0.850. The van der Waals surface area contributed by atoms with E-state index in [1.165, 1.54) is 0 Å². The Bertz CT molecular complexity index is 168. The Balaban J connectivity index is 2.49. The topological polar surface area (TPSA) is 17.1 Å². The molecule has 0 bridgehead atoms. The van der Waals surface area contributed by atoms with Gasteiger partial charge in [0, 0.05) is 0 Å². The fourth-order valence-corrected chi connectivity index (χ4v) is 1.23. The molecule has 0 aromatic rings. The zero-order chi connectivity index (χ0) is 7.40. The van der Waals surface area contributed by atoms with Crippen LogP contribution in [0, 0.1) is 5.92 Å². The molecule has 0 saturated carbocycles. The van der Waals surface area contributed by atoms with E-state index in [1.807, 2.05) is 0 Å². The molecule has 1 rings (SSSR count). The van der Waals surface area contributed by atoms with Crippen molar-refractivity contribution in [2.75, 3.05) is 0 Å². The molecule has 0 amide bonds. The first-order valence-corrected chi connectivity index (χ1v) is 3.63. The molecule has 0 aromatic carbocycles. The fourth-order valence-electron chi connectivity index (χ4n) is 1.23. The summed E-state index contributed by atoms with van der Waals surface area (Å²) in [5.41, 5.74) is 0.754. The molecule has 0 N–H and O–H groups in total. The maximum atomic E-state index is 10.3. The van der Waals surface area contributed by atoms with Crippen molar-refractivity contribution in [3.63, 3.8) is 0 Å². The predicted octanol–water partition coefficient (Wildman–Crippen LogP) is 2.10. The van der Waals surface area contributed by atoms with Crippen LogP contribution in [0.5, 0.6) is 0 Å². The highest BCUT2D eigenvalue weighted by Crippen LogP contribution is 2.22. The minimum Gasteiger partial charge on any atom is -0.298 e. The van der Waals surface area contributed by atoms with Crippen molar-refractivity contribution in [3.8, 4) is 0 Å². The summed E-state index contributed by atoms with van der Waals surface area (Å²) in [5.74, 6) is 0.419. The van der Waals surface area contributed by atoms with Crippen LogP contribution < -0.4 is 0 Å². The molecule has 0 fully saturated rings. The SMILES string of the molecule is C=C(C=O)C1CC=CCC1. The van der Waals surface area contributed by atoms with Crippen molar-refractivity contribution in [1.82, 2.24) is 0 Å². The van der Waals surface area contributed by atoms with Crippen LogP contribution >= 0.6 is 0 Å². The Labute approximate surface area is 61.4 Å². The second-order valence-electron chi connectivity index (χ2n) is 2.67. The number of hydrogen-bond donors (Lipinski definition) is 0. The van der Waals surface area contributed by atoms with Crippen LogP contribution in [0.2, 0.25) is 0 Å². The first kappa shape index (κ1) is 7.26. The van der Waals surface area contributed by atoms with Crippen molar-refractivity contribution in [2.45, 2.75) is 19.3 Å². The van der Waals surface area contributed by atoms with E-state index in [4.69, 9.17) is 0 Å². The minimum atomic E-state index is 0.419. The Morgan fingerprint density at radius 1 is 1.60 bits per heavy atom. The fraction of sp³-hybridized carbons (Fsp3) is 0.444. The molecule has 1 nitrogen and oxygen atoms in total. The van der Waals surface area contributed by atoms with Crippen LogP contribution in [0.25, 0.3) is 0 Å². The summed E-state index contributed by atoms with van der Waals surface area (Å²) in [7, 11) is 0. The third-order valence-corrected chi connectivity index (χ3v) is 1.94. The maximum Gasteiger partial charge on any atom is 0.145 e. The van der Waals surface area contributed by atoms with Crippen LogP contribution in [-0.2, 0) is 4.79 Å². The van der Waals surface area contributed by atoms with E-state index in [0.717, 1.165) is 31.1 Å². The molecule has 10 heavy (non-hydrogen) atoms. The first-order chi connectivity index (χ1) is 4.84. The molecule has 0 heterocycles. The predicted molar refractivity (Wildman–Crippen MR) is 41.7 cm³/mol. The van der Waals surface area contributed by atoms with E-state index in [9.17, 15) is 4.79 Å². The van der Waals surface area contributed by atoms with Gasteiger partial charge in [0.2, 0.25) is 0 Å². The van der Waals surface area contributed by atoms with Crippen LogP contribution in [0.4, 0.5) is 0 Å². The average molecular weight is 136 g/mol. The van der Waals surface area contributed by atoms with Crippen molar-refractivity contribution < 1.29 is 4.79 Å².